The van der Waals surface area contributed by atoms with Crippen molar-refractivity contribution < 1.29 is 32.9 Å². The molecule has 2 unspecified atom stereocenters. The molecule has 4 aliphatic rings. The van der Waals surface area contributed by atoms with Crippen molar-refractivity contribution in [2.75, 3.05) is 94.0 Å². The number of anilines is 3. The summed E-state index contributed by atoms with van der Waals surface area (Å²) in [5, 5.41) is 15.4. The smallest absolute Gasteiger partial charge is 0.318 e. The molecule has 1 N–H and O–H groups in total. The first kappa shape index (κ1) is 52.0. The topological polar surface area (TPSA) is 146 Å². The van der Waals surface area contributed by atoms with Crippen molar-refractivity contribution in [2.45, 2.75) is 50.7 Å². The summed E-state index contributed by atoms with van der Waals surface area (Å²) in [6.45, 7) is 9.83. The van der Waals surface area contributed by atoms with Gasteiger partial charge in [-0.2, -0.15) is 15.2 Å². The monoisotopic (exact) mass is 1240 g/mol. The summed E-state index contributed by atoms with van der Waals surface area (Å²) in [5.41, 5.74) is 6.03. The Hall–Kier alpha value is -4.88. The van der Waals surface area contributed by atoms with Crippen molar-refractivity contribution in [1.29, 1.82) is 5.26 Å². The average molecular weight is 1240 g/mol. The number of ether oxygens (including phenoxy) is 4. The fraction of sp³-hybridized carbons (Fsp3) is 0.377. The number of likely N-dealkylation sites (tertiary alicyclic amines) is 1. The lowest BCUT2D eigenvalue weighted by Crippen LogP contribution is -2.55. The van der Waals surface area contributed by atoms with Crippen LogP contribution in [0.5, 0.6) is 11.8 Å². The van der Waals surface area contributed by atoms with E-state index in [2.05, 4.69) is 105 Å². The van der Waals surface area contributed by atoms with E-state index in [4.69, 9.17) is 40.5 Å². The summed E-state index contributed by atoms with van der Waals surface area (Å²) in [4.78, 5) is 43.8. The predicted octanol–water partition coefficient (Wildman–Crippen LogP) is 10.2. The minimum atomic E-state index is -1.04. The number of rotatable bonds is 19. The number of nitrogens with one attached hydrogen (secondary N) is 1. The number of carbonyl (C=O) groups is 2. The van der Waals surface area contributed by atoms with Crippen LogP contribution < -0.4 is 24.6 Å². The van der Waals surface area contributed by atoms with Crippen LogP contribution in [0.3, 0.4) is 0 Å². The molecule has 1 aromatic heterocycles. The number of aromatic nitrogens is 2. The molecule has 0 aliphatic carbocycles. The van der Waals surface area contributed by atoms with E-state index in [1.54, 1.807) is 0 Å². The molecule has 2 fully saturated rings. The maximum atomic E-state index is 14.1. The van der Waals surface area contributed by atoms with E-state index < -0.39 is 17.8 Å². The molecule has 14 nitrogen and oxygen atoms in total. The van der Waals surface area contributed by atoms with Crippen LogP contribution in [0.15, 0.2) is 88.1 Å². The number of halogens is 5. The molecule has 0 bridgehead atoms. The highest BCUT2D eigenvalue weighted by Gasteiger charge is 2.35. The number of fused-ring (bicyclic) bond motifs is 3. The number of nitrogens with zero attached hydrogens (tertiary/aromatic N) is 7. The molecule has 2 atom stereocenters. The minimum Gasteiger partial charge on any atom is -0.489 e. The Bertz CT molecular complexity index is 2920. The van der Waals surface area contributed by atoms with Gasteiger partial charge in [-0.15, -0.1) is 0 Å². The van der Waals surface area contributed by atoms with Gasteiger partial charge >= 0.3 is 6.01 Å². The summed E-state index contributed by atoms with van der Waals surface area (Å²) in [6.07, 6.45) is 5.47. The van der Waals surface area contributed by atoms with Crippen LogP contribution in [-0.4, -0.2) is 123 Å². The van der Waals surface area contributed by atoms with Gasteiger partial charge in [0.1, 0.15) is 24.8 Å². The minimum absolute atomic E-state index is 0.0439. The van der Waals surface area contributed by atoms with Crippen molar-refractivity contribution in [3.63, 3.8) is 0 Å². The van der Waals surface area contributed by atoms with Gasteiger partial charge < -0.3 is 39.0 Å². The Morgan fingerprint density at radius 1 is 0.958 bits per heavy atom. The van der Waals surface area contributed by atoms with Crippen LogP contribution in [-0.2, 0) is 32.0 Å². The molecule has 72 heavy (non-hydrogen) atoms. The highest BCUT2D eigenvalue weighted by molar-refractivity contribution is 14.1. The molecule has 376 valence electrons. The van der Waals surface area contributed by atoms with Crippen LogP contribution in [0.4, 0.5) is 21.6 Å². The Balaban J connectivity index is 0.758. The van der Waals surface area contributed by atoms with Crippen LogP contribution in [0.1, 0.15) is 48.1 Å². The zero-order valence-corrected chi connectivity index (χ0v) is 45.6. The number of hydrogen-bond donors (Lipinski definition) is 1. The van der Waals surface area contributed by atoms with E-state index in [9.17, 15) is 19.2 Å². The largest absolute Gasteiger partial charge is 0.489 e. The molecule has 9 rings (SSSR count). The zero-order valence-electron chi connectivity index (χ0n) is 39.5. The van der Waals surface area contributed by atoms with Crippen LogP contribution in [0.25, 0.3) is 22.4 Å². The maximum absolute atomic E-state index is 14.1. The third-order valence-corrected chi connectivity index (χ3v) is 15.5. The van der Waals surface area contributed by atoms with Gasteiger partial charge in [0, 0.05) is 82.4 Å². The van der Waals surface area contributed by atoms with Crippen molar-refractivity contribution in [2.24, 2.45) is 0 Å². The molecule has 5 aromatic rings. The summed E-state index contributed by atoms with van der Waals surface area (Å²) < 4.78 is 41.0. The van der Waals surface area contributed by atoms with E-state index in [0.717, 1.165) is 95.2 Å². The number of amides is 2. The Labute approximate surface area is 453 Å². The highest BCUT2D eigenvalue weighted by Crippen LogP contribution is 2.40. The highest BCUT2D eigenvalue weighted by atomic mass is 127. The van der Waals surface area contributed by atoms with Gasteiger partial charge in [-0.1, -0.05) is 42.4 Å². The lowest BCUT2D eigenvalue weighted by molar-refractivity contribution is -0.131. The van der Waals surface area contributed by atoms with Gasteiger partial charge in [-0.05, 0) is 146 Å². The van der Waals surface area contributed by atoms with Crippen LogP contribution in [0.2, 0.25) is 5.02 Å². The van der Waals surface area contributed by atoms with Gasteiger partial charge in [0.25, 0.3) is 11.8 Å². The zero-order chi connectivity index (χ0) is 50.3. The lowest BCUT2D eigenvalue weighted by Gasteiger charge is -2.42. The number of carbonyl (C=O) groups excluding carboxylic acids is 2. The Kier molecular flexibility index (Phi) is 17.3. The lowest BCUT2D eigenvalue weighted by atomic mass is 10.0. The summed E-state index contributed by atoms with van der Waals surface area (Å²) in [5.74, 6) is -0.579. The van der Waals surface area contributed by atoms with E-state index >= 15 is 0 Å². The quantitative estimate of drug-likeness (QED) is 0.0477. The standard InChI is InChI=1S/C53H53Br2ClFIN8O6/c1-33(57)52(68)66-20-19-65(30-37(66)13-15-59)50-39-14-18-64(47-10-3-7-35-6-2-9-44(56)48(35)47)31-46(39)61-53(62-50)72-32-38-8-4-16-63(38)17-5-21-69-22-23-70-24-25-71-49-42(54)27-34(28-43(49)55)26-41-40-29-36(58)11-12-45(40)60-51(41)67/h2-3,6-7,9-12,26-29,37-38H,1,4-5,8,13-14,16-25,30-32H2,(H,60,67). The van der Waals surface area contributed by atoms with Crippen molar-refractivity contribution in [1.82, 2.24) is 19.8 Å². The molecular formula is C53H53Br2ClFIN8O6. The van der Waals surface area contributed by atoms with Crippen molar-refractivity contribution in [3.8, 4) is 17.8 Å². The van der Waals surface area contributed by atoms with Gasteiger partial charge in [0.15, 0.2) is 5.83 Å². The van der Waals surface area contributed by atoms with E-state index in [-0.39, 0.29) is 30.9 Å². The predicted molar refractivity (Wildman–Crippen MR) is 293 cm³/mol. The molecule has 0 radical (unpaired) electrons. The van der Waals surface area contributed by atoms with E-state index in [1.165, 1.54) is 4.90 Å². The summed E-state index contributed by atoms with van der Waals surface area (Å²) >= 11 is 16.3. The first-order valence-corrected chi connectivity index (χ1v) is 27.1. The maximum Gasteiger partial charge on any atom is 0.318 e. The molecule has 0 saturated carbocycles. The first-order chi connectivity index (χ1) is 34.9. The first-order valence-electron chi connectivity index (χ1n) is 24.0. The average Bonchev–Trinajstić information content (AvgIpc) is 3.95. The molecule has 2 amide bonds. The third kappa shape index (κ3) is 12.0. The number of nitriles is 1. The summed E-state index contributed by atoms with van der Waals surface area (Å²) in [7, 11) is 0. The summed E-state index contributed by atoms with van der Waals surface area (Å²) in [6, 6.07) is 24.0. The third-order valence-electron chi connectivity index (χ3n) is 13.4. The normalized spacial score (nSPS) is 18.3. The number of benzene rings is 4. The Morgan fingerprint density at radius 3 is 2.53 bits per heavy atom. The van der Waals surface area contributed by atoms with Gasteiger partial charge in [-0.3, -0.25) is 14.5 Å². The molecule has 4 aliphatic heterocycles. The van der Waals surface area contributed by atoms with Gasteiger partial charge in [0.2, 0.25) is 0 Å². The van der Waals surface area contributed by atoms with Gasteiger partial charge in [0.05, 0.1) is 64.6 Å². The molecule has 19 heteroatoms. The molecule has 0 spiro atoms. The molecule has 5 heterocycles. The van der Waals surface area contributed by atoms with Crippen molar-refractivity contribution in [3.05, 3.63) is 119 Å². The Morgan fingerprint density at radius 2 is 1.74 bits per heavy atom. The number of hydrogen-bond acceptors (Lipinski definition) is 12. The fourth-order valence-corrected chi connectivity index (χ4v) is 12.1. The van der Waals surface area contributed by atoms with E-state index in [0.29, 0.717) is 88.6 Å². The van der Waals surface area contributed by atoms with Crippen LogP contribution >= 0.6 is 66.1 Å². The second kappa shape index (κ2) is 24.0. The number of piperazine rings is 1. The molecule has 2 saturated heterocycles. The van der Waals surface area contributed by atoms with Crippen molar-refractivity contribution >= 4 is 117 Å². The fourth-order valence-electron chi connectivity index (χ4n) is 9.93. The SMILES string of the molecule is C=C(F)C(=O)N1CCN(c2nc(OCC3CCCN3CCCOCCOCCOc3c(Br)cc(C=C4C(=O)Nc5ccc(I)cc54)cc3Br)nc3c2CCN(c2cccc4cccc(Cl)c24)C3)CC1CC#N. The molecular weight excluding hydrogens is 1190 g/mol. The second-order valence-electron chi connectivity index (χ2n) is 18.0. The van der Waals surface area contributed by atoms with Crippen LogP contribution in [0, 0.1) is 14.9 Å². The second-order valence-corrected chi connectivity index (χ2v) is 21.4. The van der Waals surface area contributed by atoms with Gasteiger partial charge in [-0.25, -0.2) is 4.39 Å². The van der Waals surface area contributed by atoms with E-state index in [1.807, 2.05) is 54.6 Å². The molecule has 4 aromatic carbocycles.